The van der Waals surface area contributed by atoms with Crippen LogP contribution in [0.3, 0.4) is 0 Å². The number of halogens is 2. The maximum Gasteiger partial charge on any atom is 0.266 e. The minimum Gasteiger partial charge on any atom is -0.273 e. The molecule has 0 spiro atoms. The van der Waals surface area contributed by atoms with Gasteiger partial charge in [-0.3, -0.25) is 19.4 Å². The summed E-state index contributed by atoms with van der Waals surface area (Å²) in [4.78, 5) is 38.0. The molecule has 2 amide bonds. The minimum absolute atomic E-state index is 0.266. The molecule has 0 aliphatic carbocycles. The van der Waals surface area contributed by atoms with Crippen LogP contribution < -0.4 is 9.96 Å². The number of benzene rings is 2. The van der Waals surface area contributed by atoms with Gasteiger partial charge in [0, 0.05) is 12.4 Å². The highest BCUT2D eigenvalue weighted by molar-refractivity contribution is 6.42. The molecule has 8 heteroatoms. The molecule has 150 valence electrons. The highest BCUT2D eigenvalue weighted by atomic mass is 35.5. The maximum atomic E-state index is 13.5. The molecule has 2 fully saturated rings. The fourth-order valence-corrected chi connectivity index (χ4v) is 4.27. The van der Waals surface area contributed by atoms with Crippen molar-refractivity contribution in [2.75, 3.05) is 9.96 Å². The number of aromatic nitrogens is 1. The van der Waals surface area contributed by atoms with Crippen LogP contribution in [0.15, 0.2) is 73.1 Å². The van der Waals surface area contributed by atoms with Crippen LogP contribution in [0.2, 0.25) is 10.0 Å². The number of anilines is 2. The predicted octanol–water partition coefficient (Wildman–Crippen LogP) is 4.44. The summed E-state index contributed by atoms with van der Waals surface area (Å²) in [5.74, 6) is -1.51. The highest BCUT2D eigenvalue weighted by Gasteiger charge is 2.60. The number of nitrogens with zero attached hydrogens (tertiary/aromatic N) is 3. The first-order valence-electron chi connectivity index (χ1n) is 9.30. The summed E-state index contributed by atoms with van der Waals surface area (Å²) in [5, 5.41) is 2.25. The van der Waals surface area contributed by atoms with Crippen LogP contribution in [0.1, 0.15) is 11.6 Å². The van der Waals surface area contributed by atoms with Crippen molar-refractivity contribution < 1.29 is 14.4 Å². The fourth-order valence-electron chi connectivity index (χ4n) is 3.98. The van der Waals surface area contributed by atoms with Crippen molar-refractivity contribution in [3.63, 3.8) is 0 Å². The van der Waals surface area contributed by atoms with Gasteiger partial charge in [-0.2, -0.15) is 0 Å². The third kappa shape index (κ3) is 2.96. The van der Waals surface area contributed by atoms with Crippen molar-refractivity contribution in [2.45, 2.75) is 12.1 Å². The lowest BCUT2D eigenvalue weighted by atomic mass is 9.91. The number of hydrogen-bond donors (Lipinski definition) is 0. The van der Waals surface area contributed by atoms with Gasteiger partial charge >= 0.3 is 0 Å². The van der Waals surface area contributed by atoms with E-state index in [2.05, 4.69) is 4.98 Å². The van der Waals surface area contributed by atoms with E-state index in [9.17, 15) is 9.59 Å². The number of imide groups is 1. The van der Waals surface area contributed by atoms with Gasteiger partial charge in [-0.1, -0.05) is 47.5 Å². The maximum absolute atomic E-state index is 13.5. The van der Waals surface area contributed by atoms with Crippen LogP contribution in [0.25, 0.3) is 0 Å². The van der Waals surface area contributed by atoms with Crippen molar-refractivity contribution in [1.82, 2.24) is 4.98 Å². The zero-order valence-electron chi connectivity index (χ0n) is 15.5. The number of hydrogen-bond acceptors (Lipinski definition) is 5. The Labute approximate surface area is 182 Å². The number of carbonyl (C=O) groups is 2. The highest BCUT2D eigenvalue weighted by Crippen LogP contribution is 2.47. The minimum atomic E-state index is -0.947. The Bertz CT molecular complexity index is 1130. The van der Waals surface area contributed by atoms with Crippen molar-refractivity contribution in [2.24, 2.45) is 5.92 Å². The average Bonchev–Trinajstić information content (AvgIpc) is 3.28. The molecule has 0 N–H and O–H groups in total. The monoisotopic (exact) mass is 439 g/mol. The number of amides is 2. The molecule has 2 aliphatic heterocycles. The van der Waals surface area contributed by atoms with E-state index in [1.54, 1.807) is 35.7 Å². The van der Waals surface area contributed by atoms with Gasteiger partial charge in [0.05, 0.1) is 27.5 Å². The van der Waals surface area contributed by atoms with E-state index in [1.165, 1.54) is 6.07 Å². The zero-order chi connectivity index (χ0) is 20.8. The number of fused-ring (bicyclic) bond motifs is 1. The van der Waals surface area contributed by atoms with Gasteiger partial charge in [0.2, 0.25) is 5.91 Å². The van der Waals surface area contributed by atoms with Gasteiger partial charge in [0.15, 0.2) is 6.10 Å². The molecule has 2 saturated heterocycles. The lowest BCUT2D eigenvalue weighted by molar-refractivity contribution is -0.126. The number of para-hydroxylation sites is 1. The van der Waals surface area contributed by atoms with Gasteiger partial charge in [-0.25, -0.2) is 9.96 Å². The predicted molar refractivity (Wildman–Crippen MR) is 113 cm³/mol. The Kier molecular flexibility index (Phi) is 4.70. The normalized spacial score (nSPS) is 23.2. The average molecular weight is 440 g/mol. The van der Waals surface area contributed by atoms with E-state index in [1.807, 2.05) is 36.4 Å². The van der Waals surface area contributed by atoms with Crippen molar-refractivity contribution in [3.05, 3.63) is 88.7 Å². The Balaban J connectivity index is 1.58. The summed E-state index contributed by atoms with van der Waals surface area (Å²) in [6.45, 7) is 0. The Morgan fingerprint density at radius 3 is 2.37 bits per heavy atom. The lowest BCUT2D eigenvalue weighted by Gasteiger charge is -2.28. The zero-order valence-corrected chi connectivity index (χ0v) is 17.0. The Morgan fingerprint density at radius 2 is 1.67 bits per heavy atom. The van der Waals surface area contributed by atoms with Crippen molar-refractivity contribution in [1.29, 1.82) is 0 Å². The molecule has 2 aliphatic rings. The van der Waals surface area contributed by atoms with Crippen LogP contribution in [-0.2, 0) is 14.4 Å². The summed E-state index contributed by atoms with van der Waals surface area (Å²) in [6, 6.07) is 17.2. The van der Waals surface area contributed by atoms with Gasteiger partial charge in [-0.05, 0) is 42.0 Å². The van der Waals surface area contributed by atoms with E-state index in [0.29, 0.717) is 10.7 Å². The lowest BCUT2D eigenvalue weighted by Crippen LogP contribution is -2.37. The molecule has 3 heterocycles. The fraction of sp³-hybridized carbons (Fsp3) is 0.136. The summed E-state index contributed by atoms with van der Waals surface area (Å²) in [7, 11) is 0. The molecular formula is C22H15Cl2N3O3. The second kappa shape index (κ2) is 7.40. The molecule has 0 bridgehead atoms. The molecule has 30 heavy (non-hydrogen) atoms. The molecule has 0 saturated carbocycles. The van der Waals surface area contributed by atoms with Crippen molar-refractivity contribution in [3.8, 4) is 0 Å². The number of rotatable bonds is 3. The van der Waals surface area contributed by atoms with E-state index >= 15 is 0 Å². The Hall–Kier alpha value is -2.93. The van der Waals surface area contributed by atoms with Gasteiger partial charge in [0.1, 0.15) is 5.92 Å². The SMILES string of the molecule is O=C1[C@@H]2[C@H](ON(c3ccccc3)[C@@H]2c2cccnc2)C(=O)N1c1ccc(Cl)c(Cl)c1. The first-order chi connectivity index (χ1) is 14.6. The van der Waals surface area contributed by atoms with Crippen LogP contribution in [0, 0.1) is 5.92 Å². The first kappa shape index (κ1) is 19.1. The molecule has 2 aromatic carbocycles. The number of hydroxylamine groups is 1. The van der Waals surface area contributed by atoms with Gasteiger partial charge < -0.3 is 0 Å². The second-order valence-electron chi connectivity index (χ2n) is 7.05. The number of carbonyl (C=O) groups excluding carboxylic acids is 2. The van der Waals surface area contributed by atoms with E-state index in [-0.39, 0.29) is 10.9 Å². The van der Waals surface area contributed by atoms with Crippen LogP contribution >= 0.6 is 23.2 Å². The van der Waals surface area contributed by atoms with E-state index < -0.39 is 24.0 Å². The topological polar surface area (TPSA) is 62.7 Å². The molecule has 0 radical (unpaired) electrons. The summed E-state index contributed by atoms with van der Waals surface area (Å²) >= 11 is 12.1. The molecule has 5 rings (SSSR count). The molecule has 1 aromatic heterocycles. The van der Waals surface area contributed by atoms with Gasteiger partial charge in [-0.15, -0.1) is 0 Å². The molecule has 0 unspecified atom stereocenters. The largest absolute Gasteiger partial charge is 0.273 e. The summed E-state index contributed by atoms with van der Waals surface area (Å²) < 4.78 is 0. The summed E-state index contributed by atoms with van der Waals surface area (Å²) in [6.07, 6.45) is 2.40. The molecule has 3 aromatic rings. The quantitative estimate of drug-likeness (QED) is 0.564. The van der Waals surface area contributed by atoms with E-state index in [4.69, 9.17) is 28.0 Å². The second-order valence-corrected chi connectivity index (χ2v) is 7.87. The number of pyridine rings is 1. The third-order valence-corrected chi connectivity index (χ3v) is 6.05. The first-order valence-corrected chi connectivity index (χ1v) is 10.1. The molecule has 6 nitrogen and oxygen atoms in total. The van der Waals surface area contributed by atoms with Crippen LogP contribution in [0.5, 0.6) is 0 Å². The molecular weight excluding hydrogens is 425 g/mol. The van der Waals surface area contributed by atoms with E-state index in [0.717, 1.165) is 16.2 Å². The van der Waals surface area contributed by atoms with Crippen molar-refractivity contribution >= 4 is 46.4 Å². The third-order valence-electron chi connectivity index (χ3n) is 5.31. The van der Waals surface area contributed by atoms with Crippen LogP contribution in [0.4, 0.5) is 11.4 Å². The summed E-state index contributed by atoms with van der Waals surface area (Å²) in [5.41, 5.74) is 1.90. The smallest absolute Gasteiger partial charge is 0.266 e. The van der Waals surface area contributed by atoms with Gasteiger partial charge in [0.25, 0.3) is 5.91 Å². The standard InChI is InChI=1S/C22H15Cl2N3O3/c23-16-9-8-15(11-17(16)24)26-21(28)18-19(13-5-4-10-25-12-13)27(30-20(18)22(26)29)14-6-2-1-3-7-14/h1-12,18-20H/t18-,19+,20-/m0/s1. The van der Waals surface area contributed by atoms with Crippen LogP contribution in [-0.4, -0.2) is 22.9 Å². The molecule has 3 atom stereocenters. The Morgan fingerprint density at radius 1 is 0.867 bits per heavy atom.